The molecule has 1 rings (SSSR count). The van der Waals surface area contributed by atoms with E-state index in [2.05, 4.69) is 9.46 Å². The Morgan fingerprint density at radius 2 is 2.06 bits per heavy atom. The molecule has 2 atom stereocenters. The SMILES string of the molecule is CCOC(=O)NS(=O)(=O)N[C@H]1CC[C@@H](C(=O)O)C1. The third-order valence-electron chi connectivity index (χ3n) is 2.60. The number of aliphatic carboxylic acids is 1. The number of hydrogen-bond donors (Lipinski definition) is 3. The first-order valence-corrected chi connectivity index (χ1v) is 7.02. The quantitative estimate of drug-likeness (QED) is 0.642. The molecule has 0 radical (unpaired) electrons. The standard InChI is InChI=1S/C9H16N2O6S/c1-2-17-9(14)11-18(15,16)10-7-4-3-6(5-7)8(12)13/h6-7,10H,2-5H2,1H3,(H,11,14)(H,12,13)/t6-,7+/m1/s1. The maximum absolute atomic E-state index is 11.5. The van der Waals surface area contributed by atoms with Gasteiger partial charge in [-0.2, -0.15) is 13.1 Å². The van der Waals surface area contributed by atoms with Crippen molar-refractivity contribution in [2.45, 2.75) is 32.2 Å². The fourth-order valence-corrected chi connectivity index (χ4v) is 2.82. The molecule has 0 saturated heterocycles. The van der Waals surface area contributed by atoms with Gasteiger partial charge in [-0.05, 0) is 26.2 Å². The second-order valence-corrected chi connectivity index (χ2v) is 5.44. The van der Waals surface area contributed by atoms with Crippen LogP contribution < -0.4 is 9.44 Å². The molecule has 1 aliphatic carbocycles. The van der Waals surface area contributed by atoms with Gasteiger partial charge in [-0.1, -0.05) is 0 Å². The molecule has 0 aromatic carbocycles. The molecule has 1 saturated carbocycles. The van der Waals surface area contributed by atoms with Crippen molar-refractivity contribution in [3.63, 3.8) is 0 Å². The van der Waals surface area contributed by atoms with Crippen LogP contribution in [0.15, 0.2) is 0 Å². The van der Waals surface area contributed by atoms with Gasteiger partial charge in [-0.25, -0.2) is 9.52 Å². The average molecular weight is 280 g/mol. The molecule has 8 nitrogen and oxygen atoms in total. The lowest BCUT2D eigenvalue weighted by Gasteiger charge is -2.13. The lowest BCUT2D eigenvalue weighted by atomic mass is 10.1. The van der Waals surface area contributed by atoms with E-state index in [4.69, 9.17) is 5.11 Å². The molecule has 0 aromatic heterocycles. The van der Waals surface area contributed by atoms with Crippen LogP contribution in [0.25, 0.3) is 0 Å². The molecule has 104 valence electrons. The molecule has 1 aliphatic rings. The molecular weight excluding hydrogens is 264 g/mol. The molecule has 0 bridgehead atoms. The normalized spacial score (nSPS) is 23.6. The summed E-state index contributed by atoms with van der Waals surface area (Å²) in [6.45, 7) is 1.61. The second-order valence-electron chi connectivity index (χ2n) is 3.99. The van der Waals surface area contributed by atoms with Gasteiger partial charge in [0.1, 0.15) is 0 Å². The third-order valence-corrected chi connectivity index (χ3v) is 3.68. The number of carboxylic acid groups (broad SMARTS) is 1. The first-order chi connectivity index (χ1) is 8.34. The maximum atomic E-state index is 11.5. The van der Waals surface area contributed by atoms with Crippen molar-refractivity contribution in [2.24, 2.45) is 5.92 Å². The molecule has 1 amide bonds. The number of amides is 1. The maximum Gasteiger partial charge on any atom is 0.421 e. The Kier molecular flexibility index (Phi) is 4.91. The van der Waals surface area contributed by atoms with Crippen LogP contribution in [0.1, 0.15) is 26.2 Å². The summed E-state index contributed by atoms with van der Waals surface area (Å²) in [6, 6.07) is -0.474. The first-order valence-electron chi connectivity index (χ1n) is 5.53. The fourth-order valence-electron chi connectivity index (χ4n) is 1.83. The van der Waals surface area contributed by atoms with Crippen molar-refractivity contribution in [3.8, 4) is 0 Å². The van der Waals surface area contributed by atoms with Crippen LogP contribution in [0, 0.1) is 5.92 Å². The number of rotatable bonds is 5. The largest absolute Gasteiger partial charge is 0.481 e. The Labute approximate surface area is 105 Å². The smallest absolute Gasteiger partial charge is 0.421 e. The molecular formula is C9H16N2O6S. The summed E-state index contributed by atoms with van der Waals surface area (Å²) in [5.74, 6) is -1.48. The topological polar surface area (TPSA) is 122 Å². The summed E-state index contributed by atoms with van der Waals surface area (Å²) in [6.07, 6.45) is 0.0135. The summed E-state index contributed by atoms with van der Waals surface area (Å²) >= 11 is 0. The minimum Gasteiger partial charge on any atom is -0.481 e. The van der Waals surface area contributed by atoms with Crippen LogP contribution in [-0.2, 0) is 19.7 Å². The van der Waals surface area contributed by atoms with Crippen LogP contribution in [-0.4, -0.2) is 38.2 Å². The molecule has 18 heavy (non-hydrogen) atoms. The highest BCUT2D eigenvalue weighted by Gasteiger charge is 2.32. The summed E-state index contributed by atoms with van der Waals surface area (Å²) < 4.78 is 31.3. The Hall–Kier alpha value is -1.35. The highest BCUT2D eigenvalue weighted by Crippen LogP contribution is 2.25. The van der Waals surface area contributed by atoms with Gasteiger partial charge in [-0.3, -0.25) is 4.79 Å². The van der Waals surface area contributed by atoms with Gasteiger partial charge in [0.2, 0.25) is 0 Å². The van der Waals surface area contributed by atoms with E-state index in [1.165, 1.54) is 0 Å². The monoisotopic (exact) mass is 280 g/mol. The Balaban J connectivity index is 2.47. The van der Waals surface area contributed by atoms with E-state index in [0.29, 0.717) is 12.8 Å². The minimum absolute atomic E-state index is 0.0614. The van der Waals surface area contributed by atoms with Crippen molar-refractivity contribution in [1.29, 1.82) is 0 Å². The van der Waals surface area contributed by atoms with E-state index in [9.17, 15) is 18.0 Å². The van der Waals surface area contributed by atoms with E-state index < -0.39 is 34.2 Å². The lowest BCUT2D eigenvalue weighted by Crippen LogP contribution is -2.44. The van der Waals surface area contributed by atoms with Crippen molar-refractivity contribution >= 4 is 22.3 Å². The predicted molar refractivity (Wildman–Crippen MR) is 61.0 cm³/mol. The van der Waals surface area contributed by atoms with Gasteiger partial charge in [0.05, 0.1) is 12.5 Å². The highest BCUT2D eigenvalue weighted by molar-refractivity contribution is 7.88. The molecule has 0 spiro atoms. The van der Waals surface area contributed by atoms with Gasteiger partial charge in [0.15, 0.2) is 0 Å². The van der Waals surface area contributed by atoms with E-state index in [0.717, 1.165) is 0 Å². The zero-order chi connectivity index (χ0) is 13.8. The first kappa shape index (κ1) is 14.7. The van der Waals surface area contributed by atoms with Gasteiger partial charge < -0.3 is 9.84 Å². The van der Waals surface area contributed by atoms with Gasteiger partial charge >= 0.3 is 22.3 Å². The molecule has 0 heterocycles. The summed E-state index contributed by atoms with van der Waals surface area (Å²) in [4.78, 5) is 21.7. The summed E-state index contributed by atoms with van der Waals surface area (Å²) in [5.41, 5.74) is 0. The van der Waals surface area contributed by atoms with E-state index in [-0.39, 0.29) is 13.0 Å². The Morgan fingerprint density at radius 1 is 1.39 bits per heavy atom. The van der Waals surface area contributed by atoms with E-state index in [1.54, 1.807) is 11.6 Å². The Morgan fingerprint density at radius 3 is 2.56 bits per heavy atom. The van der Waals surface area contributed by atoms with Crippen molar-refractivity contribution in [2.75, 3.05) is 6.61 Å². The lowest BCUT2D eigenvalue weighted by molar-refractivity contribution is -0.141. The van der Waals surface area contributed by atoms with Crippen LogP contribution in [0.3, 0.4) is 0 Å². The summed E-state index contributed by atoms with van der Waals surface area (Å²) in [7, 11) is -4.00. The van der Waals surface area contributed by atoms with Gasteiger partial charge in [0, 0.05) is 6.04 Å². The zero-order valence-electron chi connectivity index (χ0n) is 9.88. The molecule has 3 N–H and O–H groups in total. The number of carbonyl (C=O) groups is 2. The number of nitrogens with one attached hydrogen (secondary N) is 2. The third kappa shape index (κ3) is 4.49. The number of carboxylic acids is 1. The number of ether oxygens (including phenoxy) is 1. The summed E-state index contributed by atoms with van der Waals surface area (Å²) in [5, 5.41) is 8.78. The van der Waals surface area contributed by atoms with Crippen LogP contribution in [0.5, 0.6) is 0 Å². The van der Waals surface area contributed by atoms with Crippen molar-refractivity contribution < 1.29 is 27.9 Å². The average Bonchev–Trinajstić information content (AvgIpc) is 2.64. The second kappa shape index (κ2) is 6.01. The zero-order valence-corrected chi connectivity index (χ0v) is 10.7. The molecule has 0 aromatic rings. The highest BCUT2D eigenvalue weighted by atomic mass is 32.2. The Bertz CT molecular complexity index is 421. The molecule has 1 fully saturated rings. The molecule has 0 unspecified atom stereocenters. The molecule has 9 heteroatoms. The predicted octanol–water partition coefficient (Wildman–Crippen LogP) is -0.180. The van der Waals surface area contributed by atoms with Crippen LogP contribution in [0.2, 0.25) is 0 Å². The number of carbonyl (C=O) groups excluding carboxylic acids is 1. The van der Waals surface area contributed by atoms with Crippen LogP contribution in [0.4, 0.5) is 4.79 Å². The van der Waals surface area contributed by atoms with Crippen LogP contribution >= 0.6 is 0 Å². The van der Waals surface area contributed by atoms with Gasteiger partial charge in [0.25, 0.3) is 0 Å². The number of hydrogen-bond acceptors (Lipinski definition) is 5. The minimum atomic E-state index is -4.00. The molecule has 0 aliphatic heterocycles. The van der Waals surface area contributed by atoms with Gasteiger partial charge in [-0.15, -0.1) is 0 Å². The van der Waals surface area contributed by atoms with E-state index in [1.807, 2.05) is 0 Å². The van der Waals surface area contributed by atoms with E-state index >= 15 is 0 Å². The van der Waals surface area contributed by atoms with Crippen molar-refractivity contribution in [1.82, 2.24) is 9.44 Å². The van der Waals surface area contributed by atoms with Crippen molar-refractivity contribution in [3.05, 3.63) is 0 Å². The fraction of sp³-hybridized carbons (Fsp3) is 0.778.